The minimum absolute atomic E-state index is 0. The van der Waals surface area contributed by atoms with Crippen molar-refractivity contribution < 1.29 is 43.7 Å². The number of phenols is 1. The Morgan fingerprint density at radius 3 is 1.24 bits per heavy atom. The normalized spacial score (nSPS) is 10.3. The van der Waals surface area contributed by atoms with E-state index in [1.807, 2.05) is 139 Å². The van der Waals surface area contributed by atoms with E-state index < -0.39 is 24.4 Å². The van der Waals surface area contributed by atoms with Crippen molar-refractivity contribution in [3.63, 3.8) is 0 Å². The highest BCUT2D eigenvalue weighted by Gasteiger charge is 2.17. The van der Waals surface area contributed by atoms with Gasteiger partial charge in [0.15, 0.2) is 0 Å². The molecule has 70 heavy (non-hydrogen) atoms. The molecule has 6 aromatic carbocycles. The maximum atomic E-state index is 11.6. The Hall–Kier alpha value is -4.32. The van der Waals surface area contributed by atoms with Crippen LogP contribution in [-0.4, -0.2) is 65.3 Å². The van der Waals surface area contributed by atoms with E-state index in [2.05, 4.69) is 96.6 Å². The summed E-state index contributed by atoms with van der Waals surface area (Å²) in [6.07, 6.45) is 1.55. The topological polar surface area (TPSA) is 182 Å². The maximum absolute atomic E-state index is 11.6. The highest BCUT2D eigenvalue weighted by Crippen LogP contribution is 2.29. The SMILES string of the molecule is C.CC(C)(C)OC(=O)NCCc1ccc(O)c(I)c1.CC(C)(C)OC(=O)NCCc1ccc(Oc2ccccc2)c(I)c1.Cl.NCCc1ccc(Oc2ccccc2)c(I)c1.OB(O)c1ccccc1. The van der Waals surface area contributed by atoms with Gasteiger partial charge in [-0.15, -0.1) is 12.4 Å². The first-order valence-electron chi connectivity index (χ1n) is 21.8. The van der Waals surface area contributed by atoms with Gasteiger partial charge in [0.2, 0.25) is 0 Å². The van der Waals surface area contributed by atoms with E-state index in [0.29, 0.717) is 31.5 Å². The molecule has 378 valence electrons. The zero-order valence-corrected chi connectivity index (χ0v) is 46.9. The first kappa shape index (κ1) is 63.7. The van der Waals surface area contributed by atoms with E-state index in [1.165, 1.54) is 5.56 Å². The lowest BCUT2D eigenvalue weighted by Gasteiger charge is -2.19. The van der Waals surface area contributed by atoms with Crippen molar-refractivity contribution in [3.05, 3.63) is 173 Å². The van der Waals surface area contributed by atoms with Gasteiger partial charge in [0.1, 0.15) is 39.9 Å². The van der Waals surface area contributed by atoms with Gasteiger partial charge in [-0.3, -0.25) is 0 Å². The number of phenolic OH excluding ortho intramolecular Hbond substituents is 1. The number of nitrogens with one attached hydrogen (secondary N) is 2. The predicted octanol–water partition coefficient (Wildman–Crippen LogP) is 12.2. The number of halogens is 4. The van der Waals surface area contributed by atoms with Gasteiger partial charge in [0.25, 0.3) is 0 Å². The second kappa shape index (κ2) is 33.4. The standard InChI is InChI=1S/C19H22INO3.C14H14INO.C13H18INO3.C6H7BO2.CH4.ClH/c1-19(2,3)24-18(22)21-12-11-14-9-10-17(16(20)13-14)23-15-7-5-4-6-8-15;15-13-10-11(8-9-16)6-7-14(13)17-12-4-2-1-3-5-12;1-13(2,3)18-12(17)15-7-6-9-4-5-11(16)10(14)8-9;8-7(9)6-4-2-1-3-5-6;;/h4-10,13H,11-12H2,1-3H3,(H,21,22);1-7,10H,8-9,16H2;4-5,8,16H,6-7H2,1-3H3,(H,15,17);1-5,8-9H;1H4;1H. The van der Waals surface area contributed by atoms with Crippen LogP contribution in [0.15, 0.2) is 146 Å². The van der Waals surface area contributed by atoms with Crippen molar-refractivity contribution in [1.82, 2.24) is 10.6 Å². The summed E-state index contributed by atoms with van der Waals surface area (Å²) in [5, 5.41) is 32.0. The molecule has 0 aromatic heterocycles. The fourth-order valence-electron chi connectivity index (χ4n) is 5.54. The van der Waals surface area contributed by atoms with Crippen LogP contribution in [-0.2, 0) is 28.7 Å². The number of rotatable bonds is 13. The largest absolute Gasteiger partial charge is 0.507 e. The van der Waals surface area contributed by atoms with Gasteiger partial charge in [-0.2, -0.15) is 0 Å². The molecule has 0 heterocycles. The van der Waals surface area contributed by atoms with E-state index in [-0.39, 0.29) is 31.7 Å². The van der Waals surface area contributed by atoms with E-state index in [1.54, 1.807) is 30.3 Å². The predicted molar refractivity (Wildman–Crippen MR) is 311 cm³/mol. The lowest BCUT2D eigenvalue weighted by atomic mass is 9.81. The van der Waals surface area contributed by atoms with Gasteiger partial charge in [0.05, 0.1) is 10.7 Å². The van der Waals surface area contributed by atoms with E-state index in [0.717, 1.165) is 57.7 Å². The van der Waals surface area contributed by atoms with Crippen molar-refractivity contribution in [2.45, 2.75) is 79.4 Å². The number of amides is 2. The average molecular weight is 1320 g/mol. The zero-order valence-electron chi connectivity index (χ0n) is 39.6. The number of ether oxygens (including phenoxy) is 4. The van der Waals surface area contributed by atoms with Crippen LogP contribution in [0.4, 0.5) is 9.59 Å². The Kier molecular flexibility index (Phi) is 30.4. The lowest BCUT2D eigenvalue weighted by Crippen LogP contribution is -2.33. The second-order valence-electron chi connectivity index (χ2n) is 16.8. The molecule has 7 N–H and O–H groups in total. The second-order valence-corrected chi connectivity index (χ2v) is 20.3. The summed E-state index contributed by atoms with van der Waals surface area (Å²) in [6, 6.07) is 45.8. The summed E-state index contributed by atoms with van der Waals surface area (Å²) >= 11 is 6.62. The first-order chi connectivity index (χ1) is 32.2. The monoisotopic (exact) mass is 1320 g/mol. The molecule has 0 aliphatic carbocycles. The first-order valence-corrected chi connectivity index (χ1v) is 25.0. The van der Waals surface area contributed by atoms with Gasteiger partial charge in [-0.25, -0.2) is 9.59 Å². The summed E-state index contributed by atoms with van der Waals surface area (Å²) in [4.78, 5) is 23.0. The molecule has 0 bridgehead atoms. The van der Waals surface area contributed by atoms with Crippen molar-refractivity contribution in [2.75, 3.05) is 19.6 Å². The van der Waals surface area contributed by atoms with Gasteiger partial charge in [-0.05, 0) is 218 Å². The Balaban J connectivity index is 0.000000482. The number of para-hydroxylation sites is 2. The molecule has 0 radical (unpaired) electrons. The highest BCUT2D eigenvalue weighted by atomic mass is 127. The van der Waals surface area contributed by atoms with Crippen molar-refractivity contribution in [3.8, 4) is 28.7 Å². The van der Waals surface area contributed by atoms with Crippen LogP contribution in [0.5, 0.6) is 28.7 Å². The Morgan fingerprint density at radius 1 is 0.557 bits per heavy atom. The fraction of sp³-hybridized carbons (Fsp3) is 0.283. The smallest absolute Gasteiger partial charge is 0.488 e. The van der Waals surface area contributed by atoms with Gasteiger partial charge < -0.3 is 50.5 Å². The molecule has 0 fully saturated rings. The molecule has 17 heteroatoms. The highest BCUT2D eigenvalue weighted by molar-refractivity contribution is 14.1. The molecule has 0 aliphatic rings. The number of carbonyl (C=O) groups excluding carboxylic acids is 2. The zero-order chi connectivity index (χ0) is 50.1. The van der Waals surface area contributed by atoms with Crippen LogP contribution in [0.3, 0.4) is 0 Å². The van der Waals surface area contributed by atoms with E-state index in [9.17, 15) is 14.7 Å². The van der Waals surface area contributed by atoms with Crippen LogP contribution >= 0.6 is 80.2 Å². The van der Waals surface area contributed by atoms with Crippen LogP contribution in [0.1, 0.15) is 65.7 Å². The van der Waals surface area contributed by atoms with Crippen LogP contribution in [0, 0.1) is 10.7 Å². The molecular weight excluding hydrogens is 1250 g/mol. The molecule has 0 saturated carbocycles. The van der Waals surface area contributed by atoms with Crippen molar-refractivity contribution >= 4 is 105 Å². The Morgan fingerprint density at radius 2 is 0.914 bits per heavy atom. The molecule has 0 aliphatic heterocycles. The summed E-state index contributed by atoms with van der Waals surface area (Å²) in [5.41, 5.74) is 8.56. The Bertz CT molecular complexity index is 2430. The summed E-state index contributed by atoms with van der Waals surface area (Å²) in [5.74, 6) is 3.66. The number of alkyl carbamates (subject to hydrolysis) is 2. The number of nitrogens with two attached hydrogens (primary N) is 1. The number of benzene rings is 6. The average Bonchev–Trinajstić information content (AvgIpc) is 3.27. The third-order valence-electron chi connectivity index (χ3n) is 8.64. The minimum Gasteiger partial charge on any atom is -0.507 e. The minimum atomic E-state index is -1.34. The number of aromatic hydroxyl groups is 1. The molecule has 0 spiro atoms. The molecule has 0 atom stereocenters. The van der Waals surface area contributed by atoms with Gasteiger partial charge in [-0.1, -0.05) is 92.4 Å². The summed E-state index contributed by atoms with van der Waals surface area (Å²) < 4.78 is 25.0. The summed E-state index contributed by atoms with van der Waals surface area (Å²) in [6.45, 7) is 12.7. The maximum Gasteiger partial charge on any atom is 0.488 e. The van der Waals surface area contributed by atoms with Crippen LogP contribution < -0.4 is 31.3 Å². The number of hydrogen-bond donors (Lipinski definition) is 6. The third kappa shape index (κ3) is 27.3. The quantitative estimate of drug-likeness (QED) is 0.0481. The summed E-state index contributed by atoms with van der Waals surface area (Å²) in [7, 11) is -1.34. The molecule has 6 aromatic rings. The van der Waals surface area contributed by atoms with Gasteiger partial charge in [0, 0.05) is 13.1 Å². The van der Waals surface area contributed by atoms with Crippen molar-refractivity contribution in [1.29, 1.82) is 0 Å². The molecule has 0 saturated heterocycles. The number of carbonyl (C=O) groups is 2. The van der Waals surface area contributed by atoms with Crippen LogP contribution in [0.25, 0.3) is 0 Å². The van der Waals surface area contributed by atoms with E-state index >= 15 is 0 Å². The lowest BCUT2D eigenvalue weighted by molar-refractivity contribution is 0.0517. The fourth-order valence-corrected chi connectivity index (χ4v) is 7.50. The molecule has 0 unspecified atom stereocenters. The molecule has 6 rings (SSSR count). The van der Waals surface area contributed by atoms with Crippen molar-refractivity contribution in [2.24, 2.45) is 5.73 Å². The molecular formula is C53H66BClI3N3O9. The molecule has 12 nitrogen and oxygen atoms in total. The van der Waals surface area contributed by atoms with Crippen LogP contribution in [0.2, 0.25) is 0 Å². The van der Waals surface area contributed by atoms with Gasteiger partial charge >= 0.3 is 19.3 Å². The molecule has 2 amide bonds. The number of hydrogen-bond acceptors (Lipinski definition) is 10. The third-order valence-corrected chi connectivity index (χ3v) is 11.2. The van der Waals surface area contributed by atoms with E-state index in [4.69, 9.17) is 34.7 Å². The Labute approximate surface area is 461 Å².